The van der Waals surface area contributed by atoms with Gasteiger partial charge in [-0.05, 0) is 52.7 Å². The van der Waals surface area contributed by atoms with E-state index in [1.54, 1.807) is 20.8 Å². The number of aliphatic hydroxyl groups is 1. The molecule has 1 aliphatic heterocycles. The Kier molecular flexibility index (Phi) is 7.20. The Morgan fingerprint density at radius 3 is 2.74 bits per heavy atom. The molecule has 1 saturated heterocycles. The Hall–Kier alpha value is -3.00. The minimum absolute atomic E-state index is 0.0639. The Morgan fingerprint density at radius 1 is 1.23 bits per heavy atom. The number of aromatic nitrogens is 3. The Balaban J connectivity index is 1.58. The van der Waals surface area contributed by atoms with Crippen LogP contribution >= 0.6 is 0 Å². The highest BCUT2D eigenvalue weighted by Gasteiger charge is 2.60. The molecule has 1 saturated carbocycles. The fraction of sp³-hybridized carbons (Fsp3) is 0.577. The molecule has 0 radical (unpaired) electrons. The Bertz CT molecular complexity index is 1350. The number of anilines is 2. The molecule has 0 aromatic carbocycles. The van der Waals surface area contributed by atoms with Gasteiger partial charge in [-0.1, -0.05) is 0 Å². The summed E-state index contributed by atoms with van der Waals surface area (Å²) in [6.07, 6.45) is -2.77. The van der Waals surface area contributed by atoms with E-state index >= 15 is 0 Å². The summed E-state index contributed by atoms with van der Waals surface area (Å²) in [6, 6.07) is 2.46. The molecule has 4 heterocycles. The third kappa shape index (κ3) is 5.40. The summed E-state index contributed by atoms with van der Waals surface area (Å²) in [7, 11) is 0. The molecule has 1 aliphatic carbocycles. The van der Waals surface area contributed by atoms with Gasteiger partial charge in [0.25, 0.3) is 0 Å². The lowest BCUT2D eigenvalue weighted by molar-refractivity contribution is -0.168. The second-order valence-corrected chi connectivity index (χ2v) is 10.2. The number of ether oxygens (including phenoxy) is 3. The van der Waals surface area contributed by atoms with E-state index in [-0.39, 0.29) is 29.3 Å². The zero-order valence-electron chi connectivity index (χ0n) is 22.2. The van der Waals surface area contributed by atoms with Gasteiger partial charge in [0.05, 0.1) is 24.1 Å². The SMILES string of the molecule is CCOCCNc1nc(C)c(-c2cc3cc(C(F)(F)F)ncc3o2)c(NC23CCC(CO)C2OC(C)(C)O3)n1. The summed E-state index contributed by atoms with van der Waals surface area (Å²) in [5, 5.41) is 16.8. The average Bonchev–Trinajstić information content (AvgIpc) is 3.48. The quantitative estimate of drug-likeness (QED) is 0.322. The van der Waals surface area contributed by atoms with Crippen molar-refractivity contribution in [1.29, 1.82) is 0 Å². The highest BCUT2D eigenvalue weighted by molar-refractivity contribution is 5.86. The third-order valence-corrected chi connectivity index (χ3v) is 6.94. The van der Waals surface area contributed by atoms with Gasteiger partial charge >= 0.3 is 6.18 Å². The van der Waals surface area contributed by atoms with Gasteiger partial charge in [0.15, 0.2) is 17.1 Å². The van der Waals surface area contributed by atoms with E-state index in [4.69, 9.17) is 23.6 Å². The molecule has 3 N–H and O–H groups in total. The highest BCUT2D eigenvalue weighted by atomic mass is 19.4. The lowest BCUT2D eigenvalue weighted by Crippen LogP contribution is -2.46. The van der Waals surface area contributed by atoms with Crippen molar-refractivity contribution in [2.24, 2.45) is 5.92 Å². The van der Waals surface area contributed by atoms with Crippen molar-refractivity contribution < 1.29 is 36.9 Å². The topological polar surface area (TPSA) is 124 Å². The molecular formula is C26H32F3N5O5. The van der Waals surface area contributed by atoms with Gasteiger partial charge < -0.3 is 34.4 Å². The van der Waals surface area contributed by atoms with Gasteiger partial charge in [0, 0.05) is 31.1 Å². The summed E-state index contributed by atoms with van der Waals surface area (Å²) in [5.41, 5.74) is -0.821. The number of aryl methyl sites for hydroxylation is 1. The minimum atomic E-state index is -4.58. The Morgan fingerprint density at radius 2 is 2.03 bits per heavy atom. The molecule has 3 aromatic rings. The fourth-order valence-corrected chi connectivity index (χ4v) is 5.33. The van der Waals surface area contributed by atoms with E-state index in [0.29, 0.717) is 55.6 Å². The van der Waals surface area contributed by atoms with Gasteiger partial charge in [-0.15, -0.1) is 0 Å². The summed E-state index contributed by atoms with van der Waals surface area (Å²) in [6.45, 7) is 8.71. The molecule has 2 fully saturated rings. The molecule has 39 heavy (non-hydrogen) atoms. The predicted octanol–water partition coefficient (Wildman–Crippen LogP) is 4.72. The van der Waals surface area contributed by atoms with Crippen LogP contribution in [0.4, 0.5) is 24.9 Å². The Labute approximate surface area is 223 Å². The maximum atomic E-state index is 13.3. The van der Waals surface area contributed by atoms with Crippen LogP contribution in [0.1, 0.15) is 45.0 Å². The largest absolute Gasteiger partial charge is 0.454 e. The van der Waals surface area contributed by atoms with E-state index in [1.165, 1.54) is 6.07 Å². The van der Waals surface area contributed by atoms with Gasteiger partial charge in [-0.3, -0.25) is 0 Å². The molecule has 0 amide bonds. The molecule has 13 heteroatoms. The lowest BCUT2D eigenvalue weighted by Gasteiger charge is -2.31. The van der Waals surface area contributed by atoms with Crippen LogP contribution in [-0.2, 0) is 20.4 Å². The van der Waals surface area contributed by atoms with E-state index in [1.807, 2.05) is 6.92 Å². The molecule has 3 atom stereocenters. The molecule has 3 unspecified atom stereocenters. The summed E-state index contributed by atoms with van der Waals surface area (Å²) in [5.74, 6) is -0.0964. The van der Waals surface area contributed by atoms with Gasteiger partial charge in [-0.2, -0.15) is 18.2 Å². The van der Waals surface area contributed by atoms with Crippen molar-refractivity contribution >= 4 is 22.7 Å². The van der Waals surface area contributed by atoms with E-state index in [0.717, 1.165) is 12.3 Å². The van der Waals surface area contributed by atoms with Crippen molar-refractivity contribution in [1.82, 2.24) is 15.0 Å². The smallest absolute Gasteiger partial charge is 0.433 e. The number of hydrogen-bond donors (Lipinski definition) is 3. The van der Waals surface area contributed by atoms with Gasteiger partial charge in [0.1, 0.15) is 23.4 Å². The second-order valence-electron chi connectivity index (χ2n) is 10.2. The van der Waals surface area contributed by atoms with Crippen LogP contribution in [0.3, 0.4) is 0 Å². The fourth-order valence-electron chi connectivity index (χ4n) is 5.33. The standard InChI is InChI=1S/C26H32F3N5O5/c1-5-36-9-8-30-23-32-14(2)20(17-10-16-11-19(26(27,28)29)31-12-18(16)37-17)22(33-23)34-25-7-6-15(13-35)21(25)38-24(3,4)39-25/h10-12,15,21,35H,5-9,13H2,1-4H3,(H2,30,32,33,34). The number of halogens is 3. The van der Waals surface area contributed by atoms with Crippen LogP contribution in [0.25, 0.3) is 22.3 Å². The van der Waals surface area contributed by atoms with E-state index in [9.17, 15) is 18.3 Å². The molecular weight excluding hydrogens is 519 g/mol. The van der Waals surface area contributed by atoms with Crippen molar-refractivity contribution in [3.63, 3.8) is 0 Å². The number of hydrogen-bond acceptors (Lipinski definition) is 10. The molecule has 2 aliphatic rings. The van der Waals surface area contributed by atoms with Crippen molar-refractivity contribution in [2.75, 3.05) is 37.0 Å². The first-order chi connectivity index (χ1) is 18.4. The van der Waals surface area contributed by atoms with Crippen molar-refractivity contribution in [2.45, 2.75) is 64.3 Å². The van der Waals surface area contributed by atoms with Crippen molar-refractivity contribution in [3.8, 4) is 11.3 Å². The number of nitrogens with zero attached hydrogens (tertiary/aromatic N) is 3. The number of fused-ring (bicyclic) bond motifs is 2. The molecule has 212 valence electrons. The number of nitrogens with one attached hydrogen (secondary N) is 2. The maximum absolute atomic E-state index is 13.3. The minimum Gasteiger partial charge on any atom is -0.454 e. The highest BCUT2D eigenvalue weighted by Crippen LogP contribution is 2.50. The maximum Gasteiger partial charge on any atom is 0.433 e. The van der Waals surface area contributed by atoms with Crippen LogP contribution in [0.5, 0.6) is 0 Å². The normalized spacial score (nSPS) is 24.3. The number of rotatable bonds is 9. The first kappa shape index (κ1) is 27.6. The molecule has 0 bridgehead atoms. The third-order valence-electron chi connectivity index (χ3n) is 6.94. The van der Waals surface area contributed by atoms with Crippen molar-refractivity contribution in [3.05, 3.63) is 29.7 Å². The number of aliphatic hydroxyl groups excluding tert-OH is 1. The van der Waals surface area contributed by atoms with E-state index < -0.39 is 29.5 Å². The number of alkyl halides is 3. The summed E-state index contributed by atoms with van der Waals surface area (Å²) < 4.78 is 63.7. The second kappa shape index (κ2) is 10.2. The monoisotopic (exact) mass is 551 g/mol. The van der Waals surface area contributed by atoms with Gasteiger partial charge in [-0.25, -0.2) is 9.97 Å². The lowest BCUT2D eigenvalue weighted by atomic mass is 10.0. The van der Waals surface area contributed by atoms with E-state index in [2.05, 4.69) is 20.6 Å². The summed E-state index contributed by atoms with van der Waals surface area (Å²) in [4.78, 5) is 12.8. The average molecular weight is 552 g/mol. The zero-order chi connectivity index (χ0) is 28.0. The molecule has 10 nitrogen and oxygen atoms in total. The molecule has 5 rings (SSSR count). The van der Waals surface area contributed by atoms with Crippen LogP contribution in [0, 0.1) is 12.8 Å². The van der Waals surface area contributed by atoms with Crippen LogP contribution in [0.15, 0.2) is 22.7 Å². The number of furan rings is 1. The van der Waals surface area contributed by atoms with Crippen LogP contribution in [0.2, 0.25) is 0 Å². The van der Waals surface area contributed by atoms with Gasteiger partial charge in [0.2, 0.25) is 5.95 Å². The predicted molar refractivity (Wildman–Crippen MR) is 136 cm³/mol. The number of pyridine rings is 1. The zero-order valence-corrected chi connectivity index (χ0v) is 22.2. The van der Waals surface area contributed by atoms with Crippen LogP contribution < -0.4 is 10.6 Å². The first-order valence-corrected chi connectivity index (χ1v) is 12.9. The summed E-state index contributed by atoms with van der Waals surface area (Å²) >= 11 is 0. The first-order valence-electron chi connectivity index (χ1n) is 12.9. The van der Waals surface area contributed by atoms with Crippen LogP contribution in [-0.4, -0.2) is 64.0 Å². The molecule has 0 spiro atoms. The molecule has 3 aromatic heterocycles.